The summed E-state index contributed by atoms with van der Waals surface area (Å²) in [6, 6.07) is 4.88. The molecule has 2 aromatic rings. The summed E-state index contributed by atoms with van der Waals surface area (Å²) in [4.78, 5) is 3.89. The smallest absolute Gasteiger partial charge is 0.194 e. The molecule has 1 aromatic heterocycles. The molecule has 0 bridgehead atoms. The predicted octanol–water partition coefficient (Wildman–Crippen LogP) is 2.21. The van der Waals surface area contributed by atoms with Crippen LogP contribution in [0.25, 0.3) is 0 Å². The Morgan fingerprint density at radius 1 is 1.24 bits per heavy atom. The van der Waals surface area contributed by atoms with Crippen molar-refractivity contribution in [3.05, 3.63) is 59.2 Å². The zero-order chi connectivity index (χ0) is 15.4. The molecule has 0 aliphatic carbocycles. The number of hydrogen-bond donors (Lipinski definition) is 3. The van der Waals surface area contributed by atoms with E-state index in [0.29, 0.717) is 5.56 Å². The summed E-state index contributed by atoms with van der Waals surface area (Å²) in [5.74, 6) is -4.22. The van der Waals surface area contributed by atoms with Crippen LogP contribution in [0.2, 0.25) is 0 Å². The fourth-order valence-electron chi connectivity index (χ4n) is 1.64. The topological polar surface area (TPSA) is 83.5 Å². The lowest BCUT2D eigenvalue weighted by Gasteiger charge is -2.08. The fourth-order valence-corrected chi connectivity index (χ4v) is 1.64. The third-order valence-corrected chi connectivity index (χ3v) is 2.67. The van der Waals surface area contributed by atoms with Crippen molar-refractivity contribution in [2.75, 3.05) is 5.32 Å². The van der Waals surface area contributed by atoms with Gasteiger partial charge < -0.3 is 16.3 Å². The SMILES string of the molecule is NC(=NO)c1cc(CNc2cc(F)c(F)c(F)c2)ccn1. The lowest BCUT2D eigenvalue weighted by Crippen LogP contribution is -2.15. The average molecular weight is 296 g/mol. The molecule has 1 heterocycles. The van der Waals surface area contributed by atoms with Crippen LogP contribution in [0, 0.1) is 17.5 Å². The van der Waals surface area contributed by atoms with Crippen molar-refractivity contribution < 1.29 is 18.4 Å². The quantitative estimate of drug-likeness (QED) is 0.265. The minimum Gasteiger partial charge on any atom is -0.409 e. The molecule has 1 aromatic carbocycles. The Morgan fingerprint density at radius 2 is 1.90 bits per heavy atom. The van der Waals surface area contributed by atoms with Crippen LogP contribution in [0.5, 0.6) is 0 Å². The molecule has 0 fully saturated rings. The lowest BCUT2D eigenvalue weighted by atomic mass is 10.2. The van der Waals surface area contributed by atoms with Crippen molar-refractivity contribution in [2.24, 2.45) is 10.9 Å². The van der Waals surface area contributed by atoms with Crippen LogP contribution < -0.4 is 11.1 Å². The molecule has 0 atom stereocenters. The highest BCUT2D eigenvalue weighted by Gasteiger charge is 2.10. The number of hydrogen-bond acceptors (Lipinski definition) is 4. The largest absolute Gasteiger partial charge is 0.409 e. The number of nitrogens with zero attached hydrogens (tertiary/aromatic N) is 2. The van der Waals surface area contributed by atoms with Gasteiger partial charge in [-0.25, -0.2) is 13.2 Å². The summed E-state index contributed by atoms with van der Waals surface area (Å²) < 4.78 is 38.9. The van der Waals surface area contributed by atoms with Gasteiger partial charge in [0.25, 0.3) is 0 Å². The van der Waals surface area contributed by atoms with Gasteiger partial charge in [0, 0.05) is 30.6 Å². The maximum absolute atomic E-state index is 13.1. The molecular formula is C13H11F3N4O. The van der Waals surface area contributed by atoms with Gasteiger partial charge in [0.1, 0.15) is 5.69 Å². The van der Waals surface area contributed by atoms with E-state index in [2.05, 4.69) is 15.5 Å². The molecule has 0 amide bonds. The molecule has 21 heavy (non-hydrogen) atoms. The van der Waals surface area contributed by atoms with Crippen LogP contribution in [-0.2, 0) is 6.54 Å². The molecule has 0 aliphatic rings. The van der Waals surface area contributed by atoms with Gasteiger partial charge in [0.15, 0.2) is 23.3 Å². The van der Waals surface area contributed by atoms with Crippen molar-refractivity contribution in [1.29, 1.82) is 0 Å². The number of rotatable bonds is 4. The molecule has 2 rings (SSSR count). The van der Waals surface area contributed by atoms with Crippen molar-refractivity contribution in [3.63, 3.8) is 0 Å². The molecular weight excluding hydrogens is 285 g/mol. The van der Waals surface area contributed by atoms with Gasteiger partial charge in [0.2, 0.25) is 0 Å². The summed E-state index contributed by atoms with van der Waals surface area (Å²) in [6.07, 6.45) is 1.44. The number of benzene rings is 1. The summed E-state index contributed by atoms with van der Waals surface area (Å²) in [6.45, 7) is 0.193. The highest BCUT2D eigenvalue weighted by atomic mass is 19.2. The molecule has 0 aliphatic heterocycles. The average Bonchev–Trinajstić information content (AvgIpc) is 2.50. The van der Waals surface area contributed by atoms with E-state index in [1.165, 1.54) is 12.3 Å². The number of nitrogens with one attached hydrogen (secondary N) is 1. The number of nitrogens with two attached hydrogens (primary N) is 1. The van der Waals surface area contributed by atoms with Crippen molar-refractivity contribution in [2.45, 2.75) is 6.54 Å². The second-order valence-corrected chi connectivity index (χ2v) is 4.14. The molecule has 0 saturated carbocycles. The van der Waals surface area contributed by atoms with Gasteiger partial charge in [-0.2, -0.15) is 0 Å². The number of aromatic nitrogens is 1. The van der Waals surface area contributed by atoms with Gasteiger partial charge in [-0.3, -0.25) is 4.98 Å². The number of oxime groups is 1. The summed E-state index contributed by atoms with van der Waals surface area (Å²) >= 11 is 0. The maximum Gasteiger partial charge on any atom is 0.194 e. The van der Waals surface area contributed by atoms with Crippen LogP contribution in [0.3, 0.4) is 0 Å². The Kier molecular flexibility index (Phi) is 4.27. The Morgan fingerprint density at radius 3 is 2.52 bits per heavy atom. The van der Waals surface area contributed by atoms with Crippen molar-refractivity contribution >= 4 is 11.5 Å². The van der Waals surface area contributed by atoms with E-state index in [9.17, 15) is 13.2 Å². The van der Waals surface area contributed by atoms with Gasteiger partial charge >= 0.3 is 0 Å². The minimum atomic E-state index is -1.52. The number of pyridine rings is 1. The van der Waals surface area contributed by atoms with Crippen LogP contribution in [0.4, 0.5) is 18.9 Å². The molecule has 0 radical (unpaired) electrons. The van der Waals surface area contributed by atoms with E-state index in [-0.39, 0.29) is 23.8 Å². The first-order valence-corrected chi connectivity index (χ1v) is 5.82. The molecule has 5 nitrogen and oxygen atoms in total. The first-order chi connectivity index (χ1) is 10.0. The van der Waals surface area contributed by atoms with E-state index in [1.807, 2.05) is 0 Å². The molecule has 110 valence electrons. The summed E-state index contributed by atoms with van der Waals surface area (Å²) in [7, 11) is 0. The Bertz CT molecular complexity index is 668. The third kappa shape index (κ3) is 3.41. The van der Waals surface area contributed by atoms with E-state index in [4.69, 9.17) is 10.9 Å². The fraction of sp³-hybridized carbons (Fsp3) is 0.0769. The Labute approximate surface area is 117 Å². The third-order valence-electron chi connectivity index (χ3n) is 2.67. The highest BCUT2D eigenvalue weighted by Crippen LogP contribution is 2.18. The van der Waals surface area contributed by atoms with Gasteiger partial charge in [-0.15, -0.1) is 0 Å². The van der Waals surface area contributed by atoms with E-state index < -0.39 is 17.5 Å². The van der Waals surface area contributed by atoms with E-state index in [1.54, 1.807) is 6.07 Å². The lowest BCUT2D eigenvalue weighted by molar-refractivity contribution is 0.318. The Balaban J connectivity index is 2.13. The van der Waals surface area contributed by atoms with Crippen LogP contribution >= 0.6 is 0 Å². The van der Waals surface area contributed by atoms with Gasteiger partial charge in [0.05, 0.1) is 0 Å². The summed E-state index contributed by atoms with van der Waals surface area (Å²) in [5, 5.41) is 14.1. The maximum atomic E-state index is 13.1. The number of amidine groups is 1. The first-order valence-electron chi connectivity index (χ1n) is 5.82. The molecule has 0 unspecified atom stereocenters. The second-order valence-electron chi connectivity index (χ2n) is 4.14. The van der Waals surface area contributed by atoms with E-state index in [0.717, 1.165) is 12.1 Å². The van der Waals surface area contributed by atoms with E-state index >= 15 is 0 Å². The van der Waals surface area contributed by atoms with Crippen LogP contribution in [0.15, 0.2) is 35.6 Å². The minimum absolute atomic E-state index is 0.0913. The normalized spacial score (nSPS) is 11.5. The second kappa shape index (κ2) is 6.12. The van der Waals surface area contributed by atoms with Gasteiger partial charge in [-0.05, 0) is 17.7 Å². The molecule has 4 N–H and O–H groups in total. The van der Waals surface area contributed by atoms with Crippen molar-refractivity contribution in [1.82, 2.24) is 4.98 Å². The molecule has 0 saturated heterocycles. The number of halogens is 3. The van der Waals surface area contributed by atoms with Crippen LogP contribution in [-0.4, -0.2) is 16.0 Å². The van der Waals surface area contributed by atoms with Gasteiger partial charge in [-0.1, -0.05) is 5.16 Å². The summed E-state index contributed by atoms with van der Waals surface area (Å²) in [5.41, 5.74) is 6.43. The van der Waals surface area contributed by atoms with Crippen molar-refractivity contribution in [3.8, 4) is 0 Å². The first kappa shape index (κ1) is 14.6. The zero-order valence-corrected chi connectivity index (χ0v) is 10.6. The Hall–Kier alpha value is -2.77. The highest BCUT2D eigenvalue weighted by molar-refractivity contribution is 5.95. The molecule has 0 spiro atoms. The monoisotopic (exact) mass is 296 g/mol. The zero-order valence-electron chi connectivity index (χ0n) is 10.6. The van der Waals surface area contributed by atoms with Crippen LogP contribution in [0.1, 0.15) is 11.3 Å². The molecule has 8 heteroatoms. The predicted molar refractivity (Wildman–Crippen MR) is 70.4 cm³/mol. The number of anilines is 1. The standard InChI is InChI=1S/C13H11F3N4O/c14-9-4-8(5-10(15)12(9)16)19-6-7-1-2-18-11(3-7)13(17)20-21/h1-5,19,21H,6H2,(H2,17,20).